The molecule has 0 amide bonds. The monoisotopic (exact) mass is 314 g/mol. The Kier molecular flexibility index (Phi) is 4.17. The average molecular weight is 314 g/mol. The maximum atomic E-state index is 8.92. The molecule has 4 nitrogen and oxygen atoms in total. The number of rotatable bonds is 4. The molecule has 3 aromatic rings. The molecule has 0 N–H and O–H groups in total. The molecule has 0 fully saturated rings. The summed E-state index contributed by atoms with van der Waals surface area (Å²) >= 11 is 0. The van der Waals surface area contributed by atoms with Crippen molar-refractivity contribution in [1.29, 1.82) is 5.26 Å². The molecule has 3 rings (SSSR count). The van der Waals surface area contributed by atoms with Gasteiger partial charge in [0.15, 0.2) is 5.82 Å². The molecular formula is C20H18N4. The van der Waals surface area contributed by atoms with Gasteiger partial charge in [-0.15, -0.1) is 0 Å². The van der Waals surface area contributed by atoms with Crippen molar-refractivity contribution < 1.29 is 0 Å². The smallest absolute Gasteiger partial charge is 0.161 e. The van der Waals surface area contributed by atoms with E-state index in [4.69, 9.17) is 5.26 Å². The second-order valence-electron chi connectivity index (χ2n) is 5.53. The highest BCUT2D eigenvalue weighted by Crippen LogP contribution is 2.28. The highest BCUT2D eigenvalue weighted by molar-refractivity contribution is 5.72. The first kappa shape index (κ1) is 15.6. The standard InChI is InChI=1S/C20H18N4/c1-4-5-15(2)24-11-10-22-20(24)19-12-18(14-23(19)3)17-8-6-16(13-21)7-9-17/h4-12,14H,2H2,1,3H3/b5-4-. The van der Waals surface area contributed by atoms with Gasteiger partial charge in [0.25, 0.3) is 0 Å². The van der Waals surface area contributed by atoms with E-state index in [1.165, 1.54) is 0 Å². The van der Waals surface area contributed by atoms with Crippen molar-refractivity contribution in [2.45, 2.75) is 6.92 Å². The van der Waals surface area contributed by atoms with Gasteiger partial charge in [0.2, 0.25) is 0 Å². The van der Waals surface area contributed by atoms with Gasteiger partial charge in [0.05, 0.1) is 17.3 Å². The number of imidazole rings is 1. The van der Waals surface area contributed by atoms with Gasteiger partial charge < -0.3 is 4.57 Å². The summed E-state index contributed by atoms with van der Waals surface area (Å²) in [5, 5.41) is 8.92. The van der Waals surface area contributed by atoms with Crippen LogP contribution in [0.2, 0.25) is 0 Å². The van der Waals surface area contributed by atoms with Gasteiger partial charge in [-0.1, -0.05) is 24.8 Å². The molecule has 0 spiro atoms. The average Bonchev–Trinajstić information content (AvgIpc) is 3.21. The molecule has 0 saturated heterocycles. The first-order valence-electron chi connectivity index (χ1n) is 7.66. The lowest BCUT2D eigenvalue weighted by Gasteiger charge is -2.08. The Morgan fingerprint density at radius 2 is 2.00 bits per heavy atom. The number of hydrogen-bond acceptors (Lipinski definition) is 2. The van der Waals surface area contributed by atoms with Crippen LogP contribution in [-0.4, -0.2) is 14.1 Å². The van der Waals surface area contributed by atoms with E-state index in [0.29, 0.717) is 5.56 Å². The zero-order valence-electron chi connectivity index (χ0n) is 13.8. The lowest BCUT2D eigenvalue weighted by atomic mass is 10.1. The maximum absolute atomic E-state index is 8.92. The summed E-state index contributed by atoms with van der Waals surface area (Å²) in [7, 11) is 2.00. The van der Waals surface area contributed by atoms with Gasteiger partial charge in [0.1, 0.15) is 0 Å². The molecule has 24 heavy (non-hydrogen) atoms. The highest BCUT2D eigenvalue weighted by Gasteiger charge is 2.13. The van der Waals surface area contributed by atoms with Gasteiger partial charge >= 0.3 is 0 Å². The minimum atomic E-state index is 0.660. The largest absolute Gasteiger partial charge is 0.347 e. The predicted molar refractivity (Wildman–Crippen MR) is 96.9 cm³/mol. The Bertz CT molecular complexity index is 946. The molecule has 2 heterocycles. The number of allylic oxidation sites excluding steroid dienone is 3. The third-order valence-electron chi connectivity index (χ3n) is 3.89. The Hall–Kier alpha value is -3.32. The molecule has 0 bridgehead atoms. The lowest BCUT2D eigenvalue weighted by molar-refractivity contribution is 0.916. The molecule has 4 heteroatoms. The fourth-order valence-electron chi connectivity index (χ4n) is 2.68. The number of hydrogen-bond donors (Lipinski definition) is 0. The van der Waals surface area contributed by atoms with E-state index >= 15 is 0 Å². The molecule has 0 radical (unpaired) electrons. The number of aromatic nitrogens is 3. The van der Waals surface area contributed by atoms with Crippen LogP contribution >= 0.6 is 0 Å². The van der Waals surface area contributed by atoms with Crippen LogP contribution in [0.3, 0.4) is 0 Å². The minimum Gasteiger partial charge on any atom is -0.347 e. The Balaban J connectivity index is 2.02. The molecule has 0 aliphatic rings. The number of nitriles is 1. The lowest BCUT2D eigenvalue weighted by Crippen LogP contribution is -1.99. The zero-order chi connectivity index (χ0) is 17.1. The maximum Gasteiger partial charge on any atom is 0.161 e. The van der Waals surface area contributed by atoms with E-state index in [0.717, 1.165) is 28.3 Å². The van der Waals surface area contributed by atoms with Crippen molar-refractivity contribution in [1.82, 2.24) is 14.1 Å². The molecule has 0 unspecified atom stereocenters. The molecule has 0 atom stereocenters. The molecule has 0 saturated carbocycles. The SMILES string of the molecule is C=C(/C=C\C)n1ccnc1-c1cc(-c2ccc(C#N)cc2)cn1C. The van der Waals surface area contributed by atoms with Crippen LogP contribution in [-0.2, 0) is 7.05 Å². The van der Waals surface area contributed by atoms with Crippen LogP contribution in [0.4, 0.5) is 0 Å². The van der Waals surface area contributed by atoms with E-state index in [-0.39, 0.29) is 0 Å². The normalized spacial score (nSPS) is 10.9. The van der Waals surface area contributed by atoms with Gasteiger partial charge in [-0.05, 0) is 36.8 Å². The third kappa shape index (κ3) is 2.80. The summed E-state index contributed by atoms with van der Waals surface area (Å²) in [5.74, 6) is 0.848. The minimum absolute atomic E-state index is 0.660. The van der Waals surface area contributed by atoms with E-state index in [1.807, 2.05) is 61.2 Å². The van der Waals surface area contributed by atoms with Gasteiger partial charge in [-0.3, -0.25) is 4.57 Å². The second kappa shape index (κ2) is 6.43. The fraction of sp³-hybridized carbons (Fsp3) is 0.100. The van der Waals surface area contributed by atoms with E-state index in [2.05, 4.69) is 34.5 Å². The Morgan fingerprint density at radius 3 is 2.67 bits per heavy atom. The summed E-state index contributed by atoms with van der Waals surface area (Å²) in [6, 6.07) is 11.8. The van der Waals surface area contributed by atoms with Crippen LogP contribution in [0.1, 0.15) is 12.5 Å². The van der Waals surface area contributed by atoms with Gasteiger partial charge in [0, 0.05) is 36.9 Å². The van der Waals surface area contributed by atoms with Gasteiger partial charge in [-0.25, -0.2) is 4.98 Å². The third-order valence-corrected chi connectivity index (χ3v) is 3.89. The van der Waals surface area contributed by atoms with Crippen molar-refractivity contribution in [2.75, 3.05) is 0 Å². The van der Waals surface area contributed by atoms with Crippen LogP contribution in [0.5, 0.6) is 0 Å². The van der Waals surface area contributed by atoms with E-state index in [9.17, 15) is 0 Å². The summed E-state index contributed by atoms with van der Waals surface area (Å²) in [5.41, 5.74) is 4.69. The van der Waals surface area contributed by atoms with Crippen molar-refractivity contribution in [2.24, 2.45) is 7.05 Å². The summed E-state index contributed by atoms with van der Waals surface area (Å²) in [6.07, 6.45) is 9.66. The second-order valence-corrected chi connectivity index (χ2v) is 5.53. The Morgan fingerprint density at radius 1 is 1.25 bits per heavy atom. The van der Waals surface area contributed by atoms with Crippen LogP contribution in [0.25, 0.3) is 28.3 Å². The topological polar surface area (TPSA) is 46.5 Å². The first-order valence-corrected chi connectivity index (χ1v) is 7.66. The van der Waals surface area contributed by atoms with Gasteiger partial charge in [-0.2, -0.15) is 5.26 Å². The summed E-state index contributed by atoms with van der Waals surface area (Å²) in [4.78, 5) is 4.49. The fourth-order valence-corrected chi connectivity index (χ4v) is 2.68. The van der Waals surface area contributed by atoms with Crippen LogP contribution < -0.4 is 0 Å². The van der Waals surface area contributed by atoms with E-state index in [1.54, 1.807) is 6.20 Å². The molecule has 118 valence electrons. The van der Waals surface area contributed by atoms with Crippen molar-refractivity contribution in [3.8, 4) is 28.7 Å². The van der Waals surface area contributed by atoms with E-state index < -0.39 is 0 Å². The Labute approximate surface area is 141 Å². The quantitative estimate of drug-likeness (QED) is 0.667. The molecule has 0 aliphatic heterocycles. The molecule has 0 aliphatic carbocycles. The molecule has 2 aromatic heterocycles. The van der Waals surface area contributed by atoms with Crippen molar-refractivity contribution in [3.05, 3.63) is 73.2 Å². The molecule has 1 aromatic carbocycles. The number of benzene rings is 1. The molecular weight excluding hydrogens is 296 g/mol. The highest BCUT2D eigenvalue weighted by atomic mass is 15.1. The van der Waals surface area contributed by atoms with Crippen LogP contribution in [0, 0.1) is 11.3 Å². The summed E-state index contributed by atoms with van der Waals surface area (Å²) in [6.45, 7) is 6.05. The van der Waals surface area contributed by atoms with Crippen molar-refractivity contribution in [3.63, 3.8) is 0 Å². The number of nitrogens with zero attached hydrogens (tertiary/aromatic N) is 4. The van der Waals surface area contributed by atoms with Crippen molar-refractivity contribution >= 4 is 5.70 Å². The van der Waals surface area contributed by atoms with Crippen LogP contribution in [0.15, 0.2) is 67.7 Å². The predicted octanol–water partition coefficient (Wildman–Crippen LogP) is 4.47. The number of aryl methyl sites for hydroxylation is 1. The first-order chi connectivity index (χ1) is 11.6. The summed E-state index contributed by atoms with van der Waals surface area (Å²) < 4.78 is 4.02. The zero-order valence-corrected chi connectivity index (χ0v) is 13.8.